The molecule has 0 amide bonds. The Kier molecular flexibility index (Phi) is 4.45. The molecule has 1 aromatic heterocycles. The van der Waals surface area contributed by atoms with Crippen LogP contribution in [0.4, 0.5) is 13.2 Å². The summed E-state index contributed by atoms with van der Waals surface area (Å²) in [7, 11) is 0. The highest BCUT2D eigenvalue weighted by molar-refractivity contribution is 5.25. The van der Waals surface area contributed by atoms with Crippen LogP contribution in [0, 0.1) is 6.92 Å². The Morgan fingerprint density at radius 3 is 2.50 bits per heavy atom. The van der Waals surface area contributed by atoms with Gasteiger partial charge in [-0.2, -0.15) is 13.2 Å². The third kappa shape index (κ3) is 3.67. The summed E-state index contributed by atoms with van der Waals surface area (Å²) in [6.07, 6.45) is -3.05. The molecule has 128 valence electrons. The molecule has 3 rings (SSSR count). The average molecular weight is 337 g/mol. The first-order chi connectivity index (χ1) is 11.3. The predicted molar refractivity (Wildman–Crippen MR) is 83.7 cm³/mol. The normalized spacial score (nSPS) is 15.8. The number of aryl methyl sites for hydroxylation is 1. The van der Waals surface area contributed by atoms with Crippen LogP contribution in [0.3, 0.4) is 0 Å². The molecule has 1 aliphatic rings. The summed E-state index contributed by atoms with van der Waals surface area (Å²) in [5.41, 5.74) is 1.64. The van der Waals surface area contributed by atoms with Crippen LogP contribution >= 0.6 is 0 Å². The minimum absolute atomic E-state index is 0.0890. The van der Waals surface area contributed by atoms with Crippen LogP contribution in [0.25, 0.3) is 0 Å². The van der Waals surface area contributed by atoms with Crippen molar-refractivity contribution in [1.29, 1.82) is 0 Å². The fraction of sp³-hybridized carbons (Fsp3) is 0.412. The molecule has 1 aliphatic heterocycles. The zero-order chi connectivity index (χ0) is 17.3. The van der Waals surface area contributed by atoms with Crippen molar-refractivity contribution < 1.29 is 13.2 Å². The molecule has 0 saturated carbocycles. The van der Waals surface area contributed by atoms with E-state index in [2.05, 4.69) is 14.9 Å². The molecule has 2 aromatic rings. The minimum atomic E-state index is -4.31. The van der Waals surface area contributed by atoms with Gasteiger partial charge in [-0.05, 0) is 31.0 Å². The maximum Gasteiger partial charge on any atom is 0.416 e. The zero-order valence-electron chi connectivity index (χ0n) is 13.3. The van der Waals surface area contributed by atoms with Crippen molar-refractivity contribution in [2.24, 2.45) is 0 Å². The SMILES string of the molecule is Cc1nc2c(c(=O)[nH]1)CCN(Cc1ccc(C(F)(F)F)cc1)CC2. The molecule has 7 heteroatoms. The molecule has 0 fully saturated rings. The van der Waals surface area contributed by atoms with Crippen LogP contribution in [0.1, 0.15) is 28.2 Å². The largest absolute Gasteiger partial charge is 0.416 e. The highest BCUT2D eigenvalue weighted by atomic mass is 19.4. The molecule has 1 aromatic carbocycles. The summed E-state index contributed by atoms with van der Waals surface area (Å²) < 4.78 is 37.8. The van der Waals surface area contributed by atoms with E-state index in [9.17, 15) is 18.0 Å². The number of H-pyrrole nitrogens is 1. The van der Waals surface area contributed by atoms with E-state index >= 15 is 0 Å². The second-order valence-corrected chi connectivity index (χ2v) is 6.05. The molecule has 0 atom stereocenters. The molecule has 0 bridgehead atoms. The molecule has 24 heavy (non-hydrogen) atoms. The standard InChI is InChI=1S/C17H18F3N3O/c1-11-21-15-7-9-23(8-6-14(15)16(24)22-11)10-12-2-4-13(5-3-12)17(18,19)20/h2-5H,6-10H2,1H3,(H,21,22,24). The zero-order valence-corrected chi connectivity index (χ0v) is 13.3. The van der Waals surface area contributed by atoms with E-state index in [1.54, 1.807) is 6.92 Å². The first kappa shape index (κ1) is 16.7. The van der Waals surface area contributed by atoms with Crippen molar-refractivity contribution >= 4 is 0 Å². The molecular formula is C17H18F3N3O. The van der Waals surface area contributed by atoms with Crippen molar-refractivity contribution in [3.8, 4) is 0 Å². The molecule has 1 N–H and O–H groups in total. The fourth-order valence-electron chi connectivity index (χ4n) is 2.99. The van der Waals surface area contributed by atoms with Crippen LogP contribution in [-0.2, 0) is 25.6 Å². The lowest BCUT2D eigenvalue weighted by Gasteiger charge is -2.19. The van der Waals surface area contributed by atoms with Crippen molar-refractivity contribution in [2.75, 3.05) is 13.1 Å². The Morgan fingerprint density at radius 1 is 1.17 bits per heavy atom. The van der Waals surface area contributed by atoms with E-state index in [4.69, 9.17) is 0 Å². The smallest absolute Gasteiger partial charge is 0.311 e. The molecule has 0 aliphatic carbocycles. The van der Waals surface area contributed by atoms with Crippen LogP contribution < -0.4 is 5.56 Å². The van der Waals surface area contributed by atoms with Crippen molar-refractivity contribution in [3.63, 3.8) is 0 Å². The number of rotatable bonds is 2. The predicted octanol–water partition coefficient (Wildman–Crippen LogP) is 2.70. The third-order valence-electron chi connectivity index (χ3n) is 4.25. The van der Waals surface area contributed by atoms with E-state index in [0.29, 0.717) is 31.8 Å². The fourth-order valence-corrected chi connectivity index (χ4v) is 2.99. The Bertz CT molecular complexity index is 781. The first-order valence-corrected chi connectivity index (χ1v) is 7.80. The highest BCUT2D eigenvalue weighted by Gasteiger charge is 2.30. The summed E-state index contributed by atoms with van der Waals surface area (Å²) in [5, 5.41) is 0. The van der Waals surface area contributed by atoms with E-state index in [1.807, 2.05) is 0 Å². The summed E-state index contributed by atoms with van der Waals surface area (Å²) >= 11 is 0. The van der Waals surface area contributed by atoms with Gasteiger partial charge in [-0.3, -0.25) is 9.69 Å². The van der Waals surface area contributed by atoms with Crippen LogP contribution in [0.2, 0.25) is 0 Å². The maximum atomic E-state index is 12.6. The van der Waals surface area contributed by atoms with Gasteiger partial charge in [0.05, 0.1) is 11.3 Å². The van der Waals surface area contributed by atoms with Gasteiger partial charge >= 0.3 is 6.18 Å². The number of aromatic amines is 1. The number of alkyl halides is 3. The topological polar surface area (TPSA) is 49.0 Å². The Balaban J connectivity index is 1.70. The summed E-state index contributed by atoms with van der Waals surface area (Å²) in [4.78, 5) is 21.3. The lowest BCUT2D eigenvalue weighted by atomic mass is 10.1. The second-order valence-electron chi connectivity index (χ2n) is 6.05. The number of aromatic nitrogens is 2. The van der Waals surface area contributed by atoms with Crippen LogP contribution in [-0.4, -0.2) is 28.0 Å². The lowest BCUT2D eigenvalue weighted by Crippen LogP contribution is -2.26. The Morgan fingerprint density at radius 2 is 1.83 bits per heavy atom. The summed E-state index contributed by atoms with van der Waals surface area (Å²) in [5.74, 6) is 0.606. The number of hydrogen-bond acceptors (Lipinski definition) is 3. The molecule has 0 unspecified atom stereocenters. The maximum absolute atomic E-state index is 12.6. The van der Waals surface area contributed by atoms with Gasteiger partial charge < -0.3 is 4.98 Å². The number of nitrogens with zero attached hydrogens (tertiary/aromatic N) is 2. The van der Waals surface area contributed by atoms with Gasteiger partial charge in [0.1, 0.15) is 5.82 Å². The second kappa shape index (κ2) is 6.39. The number of nitrogens with one attached hydrogen (secondary N) is 1. The minimum Gasteiger partial charge on any atom is -0.311 e. The van der Waals surface area contributed by atoms with Gasteiger partial charge in [0.25, 0.3) is 5.56 Å². The van der Waals surface area contributed by atoms with Crippen molar-refractivity contribution in [1.82, 2.24) is 14.9 Å². The van der Waals surface area contributed by atoms with E-state index in [0.717, 1.165) is 35.5 Å². The first-order valence-electron chi connectivity index (χ1n) is 7.80. The third-order valence-corrected chi connectivity index (χ3v) is 4.25. The Labute approximate surface area is 137 Å². The van der Waals surface area contributed by atoms with Gasteiger partial charge in [-0.15, -0.1) is 0 Å². The number of hydrogen-bond donors (Lipinski definition) is 1. The number of halogens is 3. The Hall–Kier alpha value is -2.15. The molecule has 0 spiro atoms. The highest BCUT2D eigenvalue weighted by Crippen LogP contribution is 2.29. The van der Waals surface area contributed by atoms with E-state index in [-0.39, 0.29) is 5.56 Å². The van der Waals surface area contributed by atoms with E-state index < -0.39 is 11.7 Å². The molecule has 4 nitrogen and oxygen atoms in total. The molecule has 2 heterocycles. The van der Waals surface area contributed by atoms with Gasteiger partial charge in [0, 0.05) is 31.6 Å². The lowest BCUT2D eigenvalue weighted by molar-refractivity contribution is -0.137. The average Bonchev–Trinajstić information content (AvgIpc) is 2.70. The summed E-state index contributed by atoms with van der Waals surface area (Å²) in [6.45, 7) is 3.72. The number of fused-ring (bicyclic) bond motifs is 1. The summed E-state index contributed by atoms with van der Waals surface area (Å²) in [6, 6.07) is 5.24. The molecule has 0 saturated heterocycles. The van der Waals surface area contributed by atoms with E-state index in [1.165, 1.54) is 12.1 Å². The van der Waals surface area contributed by atoms with Crippen LogP contribution in [0.15, 0.2) is 29.1 Å². The van der Waals surface area contributed by atoms with Crippen LogP contribution in [0.5, 0.6) is 0 Å². The van der Waals surface area contributed by atoms with Gasteiger partial charge in [0.15, 0.2) is 0 Å². The van der Waals surface area contributed by atoms with Gasteiger partial charge in [-0.25, -0.2) is 4.98 Å². The van der Waals surface area contributed by atoms with Crippen molar-refractivity contribution in [2.45, 2.75) is 32.5 Å². The quantitative estimate of drug-likeness (QED) is 0.917. The molecular weight excluding hydrogens is 319 g/mol. The molecule has 0 radical (unpaired) electrons. The van der Waals surface area contributed by atoms with Crippen molar-refractivity contribution in [3.05, 3.63) is 62.8 Å². The van der Waals surface area contributed by atoms with Gasteiger partial charge in [0.2, 0.25) is 0 Å². The monoisotopic (exact) mass is 337 g/mol. The van der Waals surface area contributed by atoms with Gasteiger partial charge in [-0.1, -0.05) is 12.1 Å². The number of benzene rings is 1.